The number of carbonyl (C=O) groups is 1. The van der Waals surface area contributed by atoms with Gasteiger partial charge in [-0.3, -0.25) is 4.79 Å². The number of nitrogens with one attached hydrogen (secondary N) is 2. The summed E-state index contributed by atoms with van der Waals surface area (Å²) in [5.74, 6) is 0.408. The normalized spacial score (nSPS) is 12.2. The average Bonchev–Trinajstić information content (AvgIpc) is 2.93. The van der Waals surface area contributed by atoms with Gasteiger partial charge in [-0.2, -0.15) is 13.2 Å². The number of amides is 1. The van der Waals surface area contributed by atoms with Crippen LogP contribution in [-0.2, 0) is 17.5 Å². The van der Waals surface area contributed by atoms with E-state index in [-0.39, 0.29) is 17.5 Å². The summed E-state index contributed by atoms with van der Waals surface area (Å²) in [7, 11) is 3.34. The number of rotatable bonds is 6. The maximum atomic E-state index is 12.5. The summed E-state index contributed by atoms with van der Waals surface area (Å²) in [4.78, 5) is 20.6. The molecule has 0 aliphatic rings. The number of aliphatic imine (C=N–C) groups is 1. The van der Waals surface area contributed by atoms with E-state index in [0.717, 1.165) is 16.7 Å². The van der Waals surface area contributed by atoms with Crippen molar-refractivity contribution in [3.63, 3.8) is 0 Å². The fraction of sp³-hybridized carbons (Fsp3) is 0.615. The molecule has 1 aromatic rings. The van der Waals surface area contributed by atoms with E-state index in [9.17, 15) is 18.0 Å². The molecule has 0 atom stereocenters. The summed E-state index contributed by atoms with van der Waals surface area (Å²) in [6, 6.07) is 0. The Morgan fingerprint density at radius 2 is 2.09 bits per heavy atom. The number of nitrogens with zero attached hydrogens (tertiary/aromatic N) is 3. The molecule has 1 aromatic heterocycles. The molecule has 1 heterocycles. The Labute approximate surface area is 136 Å². The standard InChI is InChI=1S/C13H20F3N5OS/c1-4-17-12(18-6-5-11(22)21(2)3)19-7-10-20-9(8-23-10)13(14,15)16/h8H,4-7H2,1-3H3,(H2,17,18,19). The Kier molecular flexibility index (Phi) is 7.27. The van der Waals surface area contributed by atoms with Gasteiger partial charge in [0.2, 0.25) is 5.91 Å². The van der Waals surface area contributed by atoms with E-state index in [1.165, 1.54) is 4.90 Å². The highest BCUT2D eigenvalue weighted by Gasteiger charge is 2.33. The Balaban J connectivity index is 2.57. The SMILES string of the molecule is CCNC(=NCc1nc(C(F)(F)F)cs1)NCCC(=O)N(C)C. The molecule has 0 radical (unpaired) electrons. The van der Waals surface area contributed by atoms with Crippen LogP contribution in [0.3, 0.4) is 0 Å². The molecule has 0 bridgehead atoms. The number of halogens is 3. The first kappa shape index (κ1) is 19.2. The summed E-state index contributed by atoms with van der Waals surface area (Å²) in [5.41, 5.74) is -0.901. The molecule has 0 aliphatic carbocycles. The highest BCUT2D eigenvalue weighted by Crippen LogP contribution is 2.30. The summed E-state index contributed by atoms with van der Waals surface area (Å²) >= 11 is 0.915. The lowest BCUT2D eigenvalue weighted by Crippen LogP contribution is -2.39. The first-order valence-corrected chi connectivity index (χ1v) is 7.86. The second-order valence-corrected chi connectivity index (χ2v) is 5.73. The van der Waals surface area contributed by atoms with Crippen molar-refractivity contribution in [2.24, 2.45) is 4.99 Å². The van der Waals surface area contributed by atoms with Crippen LogP contribution in [0.25, 0.3) is 0 Å². The van der Waals surface area contributed by atoms with Crippen LogP contribution in [0.15, 0.2) is 10.4 Å². The predicted molar refractivity (Wildman–Crippen MR) is 83.2 cm³/mol. The summed E-state index contributed by atoms with van der Waals surface area (Å²) < 4.78 is 37.4. The van der Waals surface area contributed by atoms with Crippen molar-refractivity contribution >= 4 is 23.2 Å². The van der Waals surface area contributed by atoms with Crippen molar-refractivity contribution in [1.29, 1.82) is 0 Å². The molecule has 0 fully saturated rings. The van der Waals surface area contributed by atoms with Crippen LogP contribution in [0.1, 0.15) is 24.0 Å². The van der Waals surface area contributed by atoms with Crippen LogP contribution >= 0.6 is 11.3 Å². The molecule has 23 heavy (non-hydrogen) atoms. The highest BCUT2D eigenvalue weighted by molar-refractivity contribution is 7.09. The number of guanidine groups is 1. The Morgan fingerprint density at radius 3 is 2.61 bits per heavy atom. The molecule has 1 rings (SSSR count). The maximum absolute atomic E-state index is 12.5. The quantitative estimate of drug-likeness (QED) is 0.605. The van der Waals surface area contributed by atoms with Crippen molar-refractivity contribution < 1.29 is 18.0 Å². The number of alkyl halides is 3. The fourth-order valence-corrected chi connectivity index (χ4v) is 2.24. The molecule has 1 amide bonds. The van der Waals surface area contributed by atoms with Crippen molar-refractivity contribution in [2.75, 3.05) is 27.2 Å². The third-order valence-electron chi connectivity index (χ3n) is 2.69. The number of carbonyl (C=O) groups excluding carboxylic acids is 1. The van der Waals surface area contributed by atoms with Gasteiger partial charge < -0.3 is 15.5 Å². The molecule has 0 unspecified atom stereocenters. The van der Waals surface area contributed by atoms with Gasteiger partial charge >= 0.3 is 6.18 Å². The molecule has 0 aliphatic heterocycles. The molecule has 6 nitrogen and oxygen atoms in total. The zero-order valence-corrected chi connectivity index (χ0v) is 14.0. The number of aromatic nitrogens is 1. The van der Waals surface area contributed by atoms with Gasteiger partial charge in [0.25, 0.3) is 0 Å². The molecule has 130 valence electrons. The Morgan fingerprint density at radius 1 is 1.39 bits per heavy atom. The van der Waals surface area contributed by atoms with Crippen LogP contribution in [0.2, 0.25) is 0 Å². The third kappa shape index (κ3) is 6.85. The van der Waals surface area contributed by atoms with Crippen LogP contribution in [0.4, 0.5) is 13.2 Å². The van der Waals surface area contributed by atoms with Crippen molar-refractivity contribution in [1.82, 2.24) is 20.5 Å². The first-order chi connectivity index (χ1) is 10.7. The van der Waals surface area contributed by atoms with Gasteiger partial charge in [0.15, 0.2) is 11.7 Å². The highest BCUT2D eigenvalue weighted by atomic mass is 32.1. The van der Waals surface area contributed by atoms with Crippen molar-refractivity contribution in [3.05, 3.63) is 16.1 Å². The van der Waals surface area contributed by atoms with Crippen LogP contribution in [0, 0.1) is 0 Å². The molecule has 0 saturated carbocycles. The van der Waals surface area contributed by atoms with E-state index in [1.54, 1.807) is 14.1 Å². The number of thiazole rings is 1. The van der Waals surface area contributed by atoms with Crippen LogP contribution in [0.5, 0.6) is 0 Å². The molecule has 0 spiro atoms. The minimum Gasteiger partial charge on any atom is -0.357 e. The second-order valence-electron chi connectivity index (χ2n) is 4.78. The van der Waals surface area contributed by atoms with Gasteiger partial charge in [0, 0.05) is 39.0 Å². The van der Waals surface area contributed by atoms with Gasteiger partial charge in [-0.25, -0.2) is 9.98 Å². The van der Waals surface area contributed by atoms with Gasteiger partial charge in [0.05, 0.1) is 6.54 Å². The number of hydrogen-bond acceptors (Lipinski definition) is 4. The lowest BCUT2D eigenvalue weighted by molar-refractivity contribution is -0.140. The minimum absolute atomic E-state index is 0.0249. The molecular formula is C13H20F3N5OS. The first-order valence-electron chi connectivity index (χ1n) is 6.98. The summed E-state index contributed by atoms with van der Waals surface area (Å²) in [6.45, 7) is 2.89. The smallest absolute Gasteiger partial charge is 0.357 e. The monoisotopic (exact) mass is 351 g/mol. The summed E-state index contributed by atoms with van der Waals surface area (Å²) in [5, 5.41) is 7.17. The lowest BCUT2D eigenvalue weighted by atomic mass is 10.4. The van der Waals surface area contributed by atoms with Gasteiger partial charge in [0.1, 0.15) is 5.01 Å². The average molecular weight is 351 g/mol. The minimum atomic E-state index is -4.44. The maximum Gasteiger partial charge on any atom is 0.434 e. The zero-order valence-electron chi connectivity index (χ0n) is 13.2. The van der Waals surface area contributed by atoms with Crippen LogP contribution < -0.4 is 10.6 Å². The van der Waals surface area contributed by atoms with E-state index < -0.39 is 11.9 Å². The van der Waals surface area contributed by atoms with Crippen molar-refractivity contribution in [2.45, 2.75) is 26.1 Å². The largest absolute Gasteiger partial charge is 0.434 e. The Hall–Kier alpha value is -1.84. The van der Waals surface area contributed by atoms with E-state index in [0.29, 0.717) is 25.5 Å². The zero-order chi connectivity index (χ0) is 17.5. The van der Waals surface area contributed by atoms with Crippen LogP contribution in [-0.4, -0.2) is 48.9 Å². The summed E-state index contributed by atoms with van der Waals surface area (Å²) in [6.07, 6.45) is -4.14. The van der Waals surface area contributed by atoms with Gasteiger partial charge in [-0.1, -0.05) is 0 Å². The van der Waals surface area contributed by atoms with E-state index in [2.05, 4.69) is 20.6 Å². The lowest BCUT2D eigenvalue weighted by Gasteiger charge is -2.13. The molecule has 10 heteroatoms. The second kappa shape index (κ2) is 8.70. The predicted octanol–water partition coefficient (Wildman–Crippen LogP) is 1.70. The molecule has 0 saturated heterocycles. The van der Waals surface area contributed by atoms with Gasteiger partial charge in [-0.15, -0.1) is 11.3 Å². The fourth-order valence-electron chi connectivity index (χ4n) is 1.51. The third-order valence-corrected chi connectivity index (χ3v) is 3.52. The number of hydrogen-bond donors (Lipinski definition) is 2. The van der Waals surface area contributed by atoms with E-state index in [1.807, 2.05) is 6.92 Å². The molecule has 0 aromatic carbocycles. The van der Waals surface area contributed by atoms with E-state index in [4.69, 9.17) is 0 Å². The van der Waals surface area contributed by atoms with E-state index >= 15 is 0 Å². The van der Waals surface area contributed by atoms with Gasteiger partial charge in [-0.05, 0) is 6.92 Å². The molecular weight excluding hydrogens is 331 g/mol. The van der Waals surface area contributed by atoms with Crippen molar-refractivity contribution in [3.8, 4) is 0 Å². The Bertz CT molecular complexity index is 542. The molecule has 2 N–H and O–H groups in total. The topological polar surface area (TPSA) is 69.6 Å².